The van der Waals surface area contributed by atoms with Crippen LogP contribution >= 0.6 is 0 Å². The van der Waals surface area contributed by atoms with Crippen molar-refractivity contribution < 1.29 is 13.6 Å². The number of anilines is 3. The second kappa shape index (κ2) is 7.51. The van der Waals surface area contributed by atoms with Crippen LogP contribution < -0.4 is 15.1 Å². The highest BCUT2D eigenvalue weighted by Gasteiger charge is 2.22. The van der Waals surface area contributed by atoms with Crippen LogP contribution in [-0.4, -0.2) is 61.4 Å². The Morgan fingerprint density at radius 2 is 1.77 bits per heavy atom. The summed E-state index contributed by atoms with van der Waals surface area (Å²) in [6, 6.07) is 6.73. The summed E-state index contributed by atoms with van der Waals surface area (Å²) in [5.41, 5.74) is 0.224. The number of aromatic nitrogens is 2. The Morgan fingerprint density at radius 1 is 1.04 bits per heavy atom. The van der Waals surface area contributed by atoms with Crippen LogP contribution in [0.15, 0.2) is 30.3 Å². The number of carbonyl (C=O) groups excluding carboxylic acids is 1. The predicted molar refractivity (Wildman–Crippen MR) is 95.5 cm³/mol. The molecule has 2 amide bonds. The van der Waals surface area contributed by atoms with Crippen molar-refractivity contribution in [3.63, 3.8) is 0 Å². The van der Waals surface area contributed by atoms with Crippen LogP contribution in [0.5, 0.6) is 0 Å². The van der Waals surface area contributed by atoms with E-state index < -0.39 is 11.6 Å². The lowest BCUT2D eigenvalue weighted by atomic mass is 10.3. The fraction of sp³-hybridized carbons (Fsp3) is 0.353. The lowest BCUT2D eigenvalue weighted by Gasteiger charge is -2.35. The molecule has 1 aromatic carbocycles. The highest BCUT2D eigenvalue weighted by molar-refractivity contribution is 5.89. The molecule has 1 fully saturated rings. The normalized spacial score (nSPS) is 14.3. The molecule has 1 saturated heterocycles. The number of amides is 2. The molecule has 138 valence electrons. The fourth-order valence-corrected chi connectivity index (χ4v) is 2.64. The molecule has 2 heterocycles. The number of halogens is 2. The van der Waals surface area contributed by atoms with E-state index in [1.165, 1.54) is 6.07 Å². The van der Waals surface area contributed by atoms with Crippen LogP contribution in [0.4, 0.5) is 30.9 Å². The van der Waals surface area contributed by atoms with E-state index in [1.807, 2.05) is 36.0 Å². The molecule has 9 heteroatoms. The maximum atomic E-state index is 13.2. The number of urea groups is 1. The molecule has 7 nitrogen and oxygen atoms in total. The smallest absolute Gasteiger partial charge is 0.321 e. The quantitative estimate of drug-likeness (QED) is 0.907. The van der Waals surface area contributed by atoms with Crippen molar-refractivity contribution in [3.8, 4) is 0 Å². The summed E-state index contributed by atoms with van der Waals surface area (Å²) in [4.78, 5) is 17.8. The van der Waals surface area contributed by atoms with Crippen LogP contribution in [0, 0.1) is 11.6 Å². The summed E-state index contributed by atoms with van der Waals surface area (Å²) in [7, 11) is 3.79. The standard InChI is InChI=1S/C17H20F2N6O/c1-23(2)15-5-6-16(22-21-15)24-7-9-25(10-8-24)17(26)20-12-3-4-13(18)14(19)11-12/h3-6,11H,7-10H2,1-2H3,(H,20,26). The maximum absolute atomic E-state index is 13.2. The first-order valence-corrected chi connectivity index (χ1v) is 8.21. The average Bonchev–Trinajstić information content (AvgIpc) is 2.65. The van der Waals surface area contributed by atoms with Gasteiger partial charge in [0.05, 0.1) is 0 Å². The molecule has 1 aromatic heterocycles. The molecule has 26 heavy (non-hydrogen) atoms. The molecule has 0 radical (unpaired) electrons. The third-order valence-electron chi connectivity index (χ3n) is 4.16. The maximum Gasteiger partial charge on any atom is 0.321 e. The van der Waals surface area contributed by atoms with Gasteiger partial charge in [-0.3, -0.25) is 0 Å². The third kappa shape index (κ3) is 3.98. The monoisotopic (exact) mass is 362 g/mol. The SMILES string of the molecule is CN(C)c1ccc(N2CCN(C(=O)Nc3ccc(F)c(F)c3)CC2)nn1. The van der Waals surface area contributed by atoms with E-state index in [0.717, 1.165) is 23.8 Å². The Balaban J connectivity index is 1.55. The van der Waals surface area contributed by atoms with Gasteiger partial charge in [0.1, 0.15) is 0 Å². The largest absolute Gasteiger partial charge is 0.361 e. The van der Waals surface area contributed by atoms with Crippen LogP contribution in [0.25, 0.3) is 0 Å². The van der Waals surface area contributed by atoms with Gasteiger partial charge >= 0.3 is 6.03 Å². The van der Waals surface area contributed by atoms with Gasteiger partial charge in [-0.25, -0.2) is 13.6 Å². The van der Waals surface area contributed by atoms with Crippen LogP contribution in [-0.2, 0) is 0 Å². The van der Waals surface area contributed by atoms with E-state index in [-0.39, 0.29) is 11.7 Å². The summed E-state index contributed by atoms with van der Waals surface area (Å²) < 4.78 is 26.2. The van der Waals surface area contributed by atoms with Crippen molar-refractivity contribution in [1.29, 1.82) is 0 Å². The van der Waals surface area contributed by atoms with E-state index in [2.05, 4.69) is 15.5 Å². The summed E-state index contributed by atoms with van der Waals surface area (Å²) >= 11 is 0. The van der Waals surface area contributed by atoms with Crippen molar-refractivity contribution >= 4 is 23.4 Å². The molecule has 1 aliphatic rings. The third-order valence-corrected chi connectivity index (χ3v) is 4.16. The molecule has 2 aromatic rings. The number of rotatable bonds is 3. The van der Waals surface area contributed by atoms with Crippen molar-refractivity contribution in [2.45, 2.75) is 0 Å². The van der Waals surface area contributed by atoms with Crippen molar-refractivity contribution in [1.82, 2.24) is 15.1 Å². The van der Waals surface area contributed by atoms with Gasteiger partial charge in [0.15, 0.2) is 23.3 Å². The van der Waals surface area contributed by atoms with Crippen LogP contribution in [0.3, 0.4) is 0 Å². The summed E-state index contributed by atoms with van der Waals surface area (Å²) in [5.74, 6) is -0.403. The van der Waals surface area contributed by atoms with Crippen molar-refractivity contribution in [2.75, 3.05) is 55.4 Å². The van der Waals surface area contributed by atoms with Gasteiger partial charge in [-0.2, -0.15) is 0 Å². The van der Waals surface area contributed by atoms with E-state index in [4.69, 9.17) is 0 Å². The van der Waals surface area contributed by atoms with Gasteiger partial charge in [-0.15, -0.1) is 10.2 Å². The molecule has 0 spiro atoms. The number of carbonyl (C=O) groups is 1. The predicted octanol–water partition coefficient (Wildman–Crippen LogP) is 2.17. The zero-order valence-corrected chi connectivity index (χ0v) is 14.6. The molecule has 1 aliphatic heterocycles. The van der Waals surface area contributed by atoms with Gasteiger partial charge in [0.25, 0.3) is 0 Å². The van der Waals surface area contributed by atoms with Gasteiger partial charge in [0.2, 0.25) is 0 Å². The second-order valence-electron chi connectivity index (χ2n) is 6.18. The highest BCUT2D eigenvalue weighted by atomic mass is 19.2. The first-order valence-electron chi connectivity index (χ1n) is 8.21. The van der Waals surface area contributed by atoms with Crippen molar-refractivity contribution in [2.24, 2.45) is 0 Å². The van der Waals surface area contributed by atoms with E-state index in [9.17, 15) is 13.6 Å². The molecule has 0 bridgehead atoms. The number of nitrogens with one attached hydrogen (secondary N) is 1. The van der Waals surface area contributed by atoms with Crippen LogP contribution in [0.2, 0.25) is 0 Å². The van der Waals surface area contributed by atoms with Crippen molar-refractivity contribution in [3.05, 3.63) is 42.0 Å². The Morgan fingerprint density at radius 3 is 2.35 bits per heavy atom. The Bertz CT molecular complexity index is 775. The minimum Gasteiger partial charge on any atom is -0.361 e. The Labute approximate surface area is 150 Å². The zero-order chi connectivity index (χ0) is 18.7. The first kappa shape index (κ1) is 17.8. The Kier molecular flexibility index (Phi) is 5.15. The van der Waals surface area contributed by atoms with Gasteiger partial charge in [-0.1, -0.05) is 0 Å². The number of hydrogen-bond acceptors (Lipinski definition) is 5. The molecule has 0 saturated carbocycles. The second-order valence-corrected chi connectivity index (χ2v) is 6.18. The fourth-order valence-electron chi connectivity index (χ4n) is 2.64. The number of hydrogen-bond donors (Lipinski definition) is 1. The van der Waals surface area contributed by atoms with E-state index in [1.54, 1.807) is 4.90 Å². The number of nitrogens with zero attached hydrogens (tertiary/aromatic N) is 5. The molecular formula is C17H20F2N6O. The molecule has 0 aliphatic carbocycles. The lowest BCUT2D eigenvalue weighted by molar-refractivity contribution is 0.208. The van der Waals surface area contributed by atoms with E-state index in [0.29, 0.717) is 26.2 Å². The topological polar surface area (TPSA) is 64.6 Å². The lowest BCUT2D eigenvalue weighted by Crippen LogP contribution is -2.50. The number of benzene rings is 1. The molecule has 1 N–H and O–H groups in total. The molecule has 3 rings (SSSR count). The summed E-state index contributed by atoms with van der Waals surface area (Å²) in [6.45, 7) is 2.21. The van der Waals surface area contributed by atoms with Crippen LogP contribution in [0.1, 0.15) is 0 Å². The first-order chi connectivity index (χ1) is 12.4. The summed E-state index contributed by atoms with van der Waals surface area (Å²) in [5, 5.41) is 11.0. The zero-order valence-electron chi connectivity index (χ0n) is 14.6. The minimum absolute atomic E-state index is 0.224. The Hall–Kier alpha value is -2.97. The molecule has 0 unspecified atom stereocenters. The van der Waals surface area contributed by atoms with E-state index >= 15 is 0 Å². The molecular weight excluding hydrogens is 342 g/mol. The minimum atomic E-state index is -0.993. The van der Waals surface area contributed by atoms with Gasteiger partial charge < -0.3 is 20.0 Å². The molecule has 0 atom stereocenters. The highest BCUT2D eigenvalue weighted by Crippen LogP contribution is 2.17. The van der Waals surface area contributed by atoms with Gasteiger partial charge in [0, 0.05) is 52.0 Å². The summed E-state index contributed by atoms with van der Waals surface area (Å²) in [6.07, 6.45) is 0. The average molecular weight is 362 g/mol. The van der Waals surface area contributed by atoms with Gasteiger partial charge in [-0.05, 0) is 24.3 Å². The number of piperazine rings is 1.